The minimum Gasteiger partial charge on any atom is -0.392 e. The lowest BCUT2D eigenvalue weighted by atomic mass is 10.0. The van der Waals surface area contributed by atoms with E-state index in [-0.39, 0.29) is 23.9 Å². The summed E-state index contributed by atoms with van der Waals surface area (Å²) in [5.74, 6) is -0.365. The van der Waals surface area contributed by atoms with Gasteiger partial charge in [0.25, 0.3) is 5.91 Å². The maximum atomic E-state index is 13.1. The van der Waals surface area contributed by atoms with Crippen molar-refractivity contribution in [3.8, 4) is 0 Å². The number of nitrogens with one attached hydrogen (secondary N) is 1. The van der Waals surface area contributed by atoms with Gasteiger partial charge in [-0.25, -0.2) is 4.39 Å². The van der Waals surface area contributed by atoms with E-state index in [1.165, 1.54) is 12.1 Å². The van der Waals surface area contributed by atoms with E-state index >= 15 is 0 Å². The average molecular weight is 328 g/mol. The van der Waals surface area contributed by atoms with Gasteiger partial charge in [0.05, 0.1) is 6.10 Å². The Morgan fingerprint density at radius 1 is 1.21 bits per heavy atom. The van der Waals surface area contributed by atoms with Crippen LogP contribution in [0.5, 0.6) is 0 Å². The molecule has 0 radical (unpaired) electrons. The summed E-state index contributed by atoms with van der Waals surface area (Å²) in [6.45, 7) is 1.26. The molecule has 0 aliphatic carbocycles. The van der Waals surface area contributed by atoms with Crippen LogP contribution < -0.4 is 5.32 Å². The number of likely N-dealkylation sites (tertiary alicyclic amines) is 1. The molecule has 1 fully saturated rings. The van der Waals surface area contributed by atoms with Gasteiger partial charge in [0, 0.05) is 31.7 Å². The maximum absolute atomic E-state index is 13.1. The number of aliphatic hydroxyl groups excluding tert-OH is 1. The summed E-state index contributed by atoms with van der Waals surface area (Å²) in [6.07, 6.45) is 0.257. The Labute approximate surface area is 140 Å². The van der Waals surface area contributed by atoms with E-state index in [1.807, 2.05) is 12.1 Å². The monoisotopic (exact) mass is 328 g/mol. The van der Waals surface area contributed by atoms with E-state index in [0.29, 0.717) is 25.1 Å². The van der Waals surface area contributed by atoms with Crippen molar-refractivity contribution in [2.45, 2.75) is 25.1 Å². The summed E-state index contributed by atoms with van der Waals surface area (Å²) < 4.78 is 13.1. The smallest absolute Gasteiger partial charge is 0.251 e. The summed E-state index contributed by atoms with van der Waals surface area (Å²) in [4.78, 5) is 13.8. The summed E-state index contributed by atoms with van der Waals surface area (Å²) in [5, 5.41) is 12.6. The standard InChI is InChI=1S/C19H21FN2O2/c1-21-19(24)15-4-2-13(3-5-15)11-22-12-17(23)10-18(22)14-6-8-16(20)9-7-14/h2-9,17-18,23H,10-12H2,1H3,(H,21,24)/t17-,18-/m1/s1. The molecule has 1 aliphatic heterocycles. The number of nitrogens with zero attached hydrogens (tertiary/aromatic N) is 1. The zero-order valence-corrected chi connectivity index (χ0v) is 13.6. The number of halogens is 1. The number of aliphatic hydroxyl groups is 1. The average Bonchev–Trinajstić information content (AvgIpc) is 2.96. The Morgan fingerprint density at radius 2 is 1.88 bits per heavy atom. The summed E-state index contributed by atoms with van der Waals surface area (Å²) in [7, 11) is 1.61. The lowest BCUT2D eigenvalue weighted by Crippen LogP contribution is -2.24. The highest BCUT2D eigenvalue weighted by Crippen LogP contribution is 2.33. The molecule has 0 unspecified atom stereocenters. The molecule has 1 saturated heterocycles. The van der Waals surface area contributed by atoms with Gasteiger partial charge in [-0.05, 0) is 41.8 Å². The second kappa shape index (κ2) is 7.11. The lowest BCUT2D eigenvalue weighted by Gasteiger charge is -2.24. The van der Waals surface area contributed by atoms with Crippen LogP contribution >= 0.6 is 0 Å². The Kier molecular flexibility index (Phi) is 4.92. The second-order valence-electron chi connectivity index (χ2n) is 6.16. The highest BCUT2D eigenvalue weighted by Gasteiger charge is 2.31. The zero-order chi connectivity index (χ0) is 17.1. The molecule has 0 spiro atoms. The van der Waals surface area contributed by atoms with Crippen LogP contribution in [0.1, 0.15) is 33.9 Å². The van der Waals surface area contributed by atoms with Crippen molar-refractivity contribution < 1.29 is 14.3 Å². The van der Waals surface area contributed by atoms with E-state index in [1.54, 1.807) is 31.3 Å². The van der Waals surface area contributed by atoms with Crippen molar-refractivity contribution in [2.24, 2.45) is 0 Å². The van der Waals surface area contributed by atoms with Crippen molar-refractivity contribution >= 4 is 5.91 Å². The van der Waals surface area contributed by atoms with Gasteiger partial charge in [-0.3, -0.25) is 9.69 Å². The first-order valence-electron chi connectivity index (χ1n) is 8.05. The highest BCUT2D eigenvalue weighted by molar-refractivity contribution is 5.93. The van der Waals surface area contributed by atoms with Gasteiger partial charge in [-0.2, -0.15) is 0 Å². The number of β-amino-alcohol motifs (C(OH)–C–C–N with tert-alkyl or cyclic N) is 1. The van der Waals surface area contributed by atoms with Gasteiger partial charge in [0.15, 0.2) is 0 Å². The molecule has 2 aromatic carbocycles. The Hall–Kier alpha value is -2.24. The third kappa shape index (κ3) is 3.63. The maximum Gasteiger partial charge on any atom is 0.251 e. The largest absolute Gasteiger partial charge is 0.392 e. The van der Waals surface area contributed by atoms with Crippen LogP contribution in [0.15, 0.2) is 48.5 Å². The third-order valence-corrected chi connectivity index (χ3v) is 4.46. The van der Waals surface area contributed by atoms with Crippen LogP contribution in [0.3, 0.4) is 0 Å². The molecule has 2 atom stereocenters. The number of hydrogen-bond acceptors (Lipinski definition) is 3. The molecule has 3 rings (SSSR count). The number of benzene rings is 2. The lowest BCUT2D eigenvalue weighted by molar-refractivity contribution is 0.0963. The molecule has 1 amide bonds. The molecule has 0 saturated carbocycles. The van der Waals surface area contributed by atoms with E-state index in [0.717, 1.165) is 11.1 Å². The van der Waals surface area contributed by atoms with Crippen LogP contribution in [-0.2, 0) is 6.54 Å². The fourth-order valence-electron chi connectivity index (χ4n) is 3.23. The van der Waals surface area contributed by atoms with Gasteiger partial charge in [0.1, 0.15) is 5.82 Å². The molecular weight excluding hydrogens is 307 g/mol. The molecule has 0 bridgehead atoms. The molecule has 1 aliphatic rings. The predicted octanol–water partition coefficient (Wildman–Crippen LogP) is 2.49. The Morgan fingerprint density at radius 3 is 2.50 bits per heavy atom. The first-order valence-corrected chi connectivity index (χ1v) is 8.05. The molecule has 126 valence electrons. The second-order valence-corrected chi connectivity index (χ2v) is 6.16. The third-order valence-electron chi connectivity index (χ3n) is 4.46. The van der Waals surface area contributed by atoms with E-state index in [9.17, 15) is 14.3 Å². The SMILES string of the molecule is CNC(=O)c1ccc(CN2C[C@H](O)C[C@@H]2c2ccc(F)cc2)cc1. The molecule has 1 heterocycles. The fourth-order valence-corrected chi connectivity index (χ4v) is 3.23. The molecule has 2 aromatic rings. The van der Waals surface area contributed by atoms with Crippen LogP contribution in [0.2, 0.25) is 0 Å². The summed E-state index contributed by atoms with van der Waals surface area (Å²) in [5.41, 5.74) is 2.71. The van der Waals surface area contributed by atoms with Crippen LogP contribution in [0.25, 0.3) is 0 Å². The van der Waals surface area contributed by atoms with E-state index in [2.05, 4.69) is 10.2 Å². The van der Waals surface area contributed by atoms with E-state index < -0.39 is 0 Å². The zero-order valence-electron chi connectivity index (χ0n) is 13.6. The Balaban J connectivity index is 1.75. The molecule has 2 N–H and O–H groups in total. The molecule has 24 heavy (non-hydrogen) atoms. The van der Waals surface area contributed by atoms with Crippen molar-refractivity contribution in [1.82, 2.24) is 10.2 Å². The minimum atomic E-state index is -0.384. The molecular formula is C19H21FN2O2. The quantitative estimate of drug-likeness (QED) is 0.907. The van der Waals surface area contributed by atoms with Gasteiger partial charge in [-0.1, -0.05) is 24.3 Å². The fraction of sp³-hybridized carbons (Fsp3) is 0.316. The van der Waals surface area contributed by atoms with Gasteiger partial charge in [-0.15, -0.1) is 0 Å². The molecule has 5 heteroatoms. The normalized spacial score (nSPS) is 21.0. The highest BCUT2D eigenvalue weighted by atomic mass is 19.1. The van der Waals surface area contributed by atoms with Crippen LogP contribution in [0, 0.1) is 5.82 Å². The molecule has 0 aromatic heterocycles. The number of carbonyl (C=O) groups excluding carboxylic acids is 1. The number of rotatable bonds is 4. The Bertz CT molecular complexity index is 700. The van der Waals surface area contributed by atoms with Crippen molar-refractivity contribution in [3.63, 3.8) is 0 Å². The van der Waals surface area contributed by atoms with Crippen molar-refractivity contribution in [2.75, 3.05) is 13.6 Å². The number of amides is 1. The van der Waals surface area contributed by atoms with Crippen molar-refractivity contribution in [3.05, 3.63) is 71.0 Å². The van der Waals surface area contributed by atoms with Crippen molar-refractivity contribution in [1.29, 1.82) is 0 Å². The first kappa shape index (κ1) is 16.6. The number of hydrogen-bond donors (Lipinski definition) is 2. The number of carbonyl (C=O) groups is 1. The summed E-state index contributed by atoms with van der Waals surface area (Å²) >= 11 is 0. The first-order chi connectivity index (χ1) is 11.6. The topological polar surface area (TPSA) is 52.6 Å². The van der Waals surface area contributed by atoms with Gasteiger partial charge in [0.2, 0.25) is 0 Å². The van der Waals surface area contributed by atoms with Gasteiger partial charge >= 0.3 is 0 Å². The summed E-state index contributed by atoms with van der Waals surface area (Å²) in [6, 6.07) is 14.0. The molecule has 4 nitrogen and oxygen atoms in total. The van der Waals surface area contributed by atoms with Crippen LogP contribution in [-0.4, -0.2) is 35.6 Å². The minimum absolute atomic E-state index is 0.0687. The van der Waals surface area contributed by atoms with E-state index in [4.69, 9.17) is 0 Å². The predicted molar refractivity (Wildman–Crippen MR) is 90.0 cm³/mol. The van der Waals surface area contributed by atoms with Crippen LogP contribution in [0.4, 0.5) is 4.39 Å². The van der Waals surface area contributed by atoms with Gasteiger partial charge < -0.3 is 10.4 Å².